The lowest BCUT2D eigenvalue weighted by atomic mass is 10.2. The molecular weight excluding hydrogens is 244 g/mol. The van der Waals surface area contributed by atoms with E-state index in [1.54, 1.807) is 0 Å². The highest BCUT2D eigenvalue weighted by atomic mass is 19.2. The summed E-state index contributed by atoms with van der Waals surface area (Å²) in [6.07, 6.45) is 1.17. The third-order valence-corrected chi connectivity index (χ3v) is 2.38. The number of nitrogen functional groups attached to an aromatic ring is 1. The topological polar surface area (TPSA) is 81.1 Å². The SMILES string of the molecule is Nc1nn(Cc2cccc(F)c2F)cc1C(=O)O. The zero-order chi connectivity index (χ0) is 13.3. The van der Waals surface area contributed by atoms with Crippen molar-refractivity contribution in [2.75, 3.05) is 5.73 Å². The molecule has 3 N–H and O–H groups in total. The number of rotatable bonds is 3. The van der Waals surface area contributed by atoms with Crippen LogP contribution in [-0.2, 0) is 6.54 Å². The molecule has 0 atom stereocenters. The van der Waals surface area contributed by atoms with Crippen molar-refractivity contribution in [1.29, 1.82) is 0 Å². The highest BCUT2D eigenvalue weighted by Gasteiger charge is 2.14. The molecule has 5 nitrogen and oxygen atoms in total. The van der Waals surface area contributed by atoms with Crippen LogP contribution in [0.15, 0.2) is 24.4 Å². The molecule has 0 aliphatic rings. The first-order valence-electron chi connectivity index (χ1n) is 4.98. The van der Waals surface area contributed by atoms with Crippen LogP contribution >= 0.6 is 0 Å². The van der Waals surface area contributed by atoms with E-state index < -0.39 is 17.6 Å². The molecule has 0 fully saturated rings. The van der Waals surface area contributed by atoms with Gasteiger partial charge in [-0.1, -0.05) is 12.1 Å². The van der Waals surface area contributed by atoms with E-state index in [4.69, 9.17) is 10.8 Å². The molecule has 1 aromatic carbocycles. The fourth-order valence-electron chi connectivity index (χ4n) is 1.53. The lowest BCUT2D eigenvalue weighted by molar-refractivity contribution is 0.0698. The van der Waals surface area contributed by atoms with E-state index in [1.165, 1.54) is 18.3 Å². The number of aromatic carboxylic acids is 1. The zero-order valence-electron chi connectivity index (χ0n) is 9.10. The van der Waals surface area contributed by atoms with Gasteiger partial charge >= 0.3 is 5.97 Å². The van der Waals surface area contributed by atoms with Gasteiger partial charge < -0.3 is 10.8 Å². The number of nitrogens with zero attached hydrogens (tertiary/aromatic N) is 2. The van der Waals surface area contributed by atoms with Gasteiger partial charge in [-0.15, -0.1) is 0 Å². The maximum Gasteiger partial charge on any atom is 0.341 e. The Hall–Kier alpha value is -2.44. The molecule has 0 saturated heterocycles. The van der Waals surface area contributed by atoms with Crippen LogP contribution in [0.4, 0.5) is 14.6 Å². The molecule has 2 aromatic rings. The summed E-state index contributed by atoms with van der Waals surface area (Å²) in [7, 11) is 0. The van der Waals surface area contributed by atoms with E-state index in [0.717, 1.165) is 10.7 Å². The van der Waals surface area contributed by atoms with Crippen molar-refractivity contribution in [2.45, 2.75) is 6.54 Å². The summed E-state index contributed by atoms with van der Waals surface area (Å²) in [5, 5.41) is 12.5. The Morgan fingerprint density at radius 1 is 1.44 bits per heavy atom. The molecule has 7 heteroatoms. The van der Waals surface area contributed by atoms with Gasteiger partial charge in [0.1, 0.15) is 5.56 Å². The first-order valence-corrected chi connectivity index (χ1v) is 4.98. The molecule has 18 heavy (non-hydrogen) atoms. The van der Waals surface area contributed by atoms with Crippen molar-refractivity contribution in [1.82, 2.24) is 9.78 Å². The molecule has 0 radical (unpaired) electrons. The second kappa shape index (κ2) is 4.44. The van der Waals surface area contributed by atoms with Gasteiger partial charge in [0.25, 0.3) is 0 Å². The number of nitrogens with two attached hydrogens (primary N) is 1. The molecule has 0 amide bonds. The summed E-state index contributed by atoms with van der Waals surface area (Å²) in [4.78, 5) is 10.7. The number of hydrogen-bond acceptors (Lipinski definition) is 3. The Kier molecular flexibility index (Phi) is 2.97. The normalized spacial score (nSPS) is 10.6. The van der Waals surface area contributed by atoms with Crippen LogP contribution in [0.5, 0.6) is 0 Å². The van der Waals surface area contributed by atoms with E-state index in [9.17, 15) is 13.6 Å². The summed E-state index contributed by atoms with van der Waals surface area (Å²) < 4.78 is 27.5. The maximum atomic E-state index is 13.4. The van der Waals surface area contributed by atoms with Crippen molar-refractivity contribution in [3.63, 3.8) is 0 Å². The number of hydrogen-bond donors (Lipinski definition) is 2. The number of carboxylic acids is 1. The highest BCUT2D eigenvalue weighted by Crippen LogP contribution is 2.15. The van der Waals surface area contributed by atoms with Crippen LogP contribution in [0, 0.1) is 11.6 Å². The molecule has 94 valence electrons. The number of carbonyl (C=O) groups is 1. The van der Waals surface area contributed by atoms with Gasteiger partial charge in [-0.3, -0.25) is 4.68 Å². The average molecular weight is 253 g/mol. The fourth-order valence-corrected chi connectivity index (χ4v) is 1.53. The number of anilines is 1. The molecule has 0 spiro atoms. The molecule has 1 aromatic heterocycles. The van der Waals surface area contributed by atoms with Crippen LogP contribution < -0.4 is 5.73 Å². The summed E-state index contributed by atoms with van der Waals surface area (Å²) in [5.41, 5.74) is 5.27. The second-order valence-electron chi connectivity index (χ2n) is 3.64. The minimum Gasteiger partial charge on any atom is -0.477 e. The van der Waals surface area contributed by atoms with Crippen molar-refractivity contribution in [3.05, 3.63) is 47.2 Å². The molecule has 0 aliphatic heterocycles. The van der Waals surface area contributed by atoms with Gasteiger partial charge in [-0.05, 0) is 6.07 Å². The number of halogens is 2. The fraction of sp³-hybridized carbons (Fsp3) is 0.0909. The van der Waals surface area contributed by atoms with Gasteiger partial charge in [-0.25, -0.2) is 13.6 Å². The van der Waals surface area contributed by atoms with E-state index >= 15 is 0 Å². The van der Waals surface area contributed by atoms with Crippen molar-refractivity contribution in [3.8, 4) is 0 Å². The van der Waals surface area contributed by atoms with E-state index in [2.05, 4.69) is 5.10 Å². The second-order valence-corrected chi connectivity index (χ2v) is 3.64. The predicted octanol–water partition coefficient (Wildman–Crippen LogP) is 1.49. The van der Waals surface area contributed by atoms with Crippen LogP contribution in [-0.4, -0.2) is 20.9 Å². The molecule has 0 unspecified atom stereocenters. The van der Waals surface area contributed by atoms with Gasteiger partial charge in [0.2, 0.25) is 0 Å². The molecular formula is C11H9F2N3O2. The Bertz CT molecular complexity index is 610. The third-order valence-electron chi connectivity index (χ3n) is 2.38. The maximum absolute atomic E-state index is 13.4. The molecule has 0 saturated carbocycles. The highest BCUT2D eigenvalue weighted by molar-refractivity contribution is 5.92. The summed E-state index contributed by atoms with van der Waals surface area (Å²) in [6.45, 7) is -0.0962. The van der Waals surface area contributed by atoms with E-state index in [1.807, 2.05) is 0 Å². The Morgan fingerprint density at radius 2 is 2.17 bits per heavy atom. The minimum atomic E-state index is -1.22. The first-order chi connectivity index (χ1) is 8.49. The lowest BCUT2D eigenvalue weighted by Gasteiger charge is -2.03. The van der Waals surface area contributed by atoms with Crippen LogP contribution in [0.3, 0.4) is 0 Å². The number of benzene rings is 1. The standard InChI is InChI=1S/C11H9F2N3O2/c12-8-3-1-2-6(9(8)13)4-16-5-7(11(17)18)10(14)15-16/h1-3,5H,4H2,(H2,14,15)(H,17,18). The summed E-state index contributed by atoms with van der Waals surface area (Å²) in [5.74, 6) is -3.34. The molecule has 0 bridgehead atoms. The smallest absolute Gasteiger partial charge is 0.341 e. The van der Waals surface area contributed by atoms with Crippen LogP contribution in [0.25, 0.3) is 0 Å². The van der Waals surface area contributed by atoms with Crippen LogP contribution in [0.1, 0.15) is 15.9 Å². The largest absolute Gasteiger partial charge is 0.477 e. The van der Waals surface area contributed by atoms with E-state index in [-0.39, 0.29) is 23.5 Å². The van der Waals surface area contributed by atoms with Gasteiger partial charge in [0, 0.05) is 11.8 Å². The van der Waals surface area contributed by atoms with Crippen LogP contribution in [0.2, 0.25) is 0 Å². The monoisotopic (exact) mass is 253 g/mol. The third kappa shape index (κ3) is 2.15. The molecule has 1 heterocycles. The lowest BCUT2D eigenvalue weighted by Crippen LogP contribution is -2.04. The number of carboxylic acid groups (broad SMARTS) is 1. The predicted molar refractivity (Wildman–Crippen MR) is 59.1 cm³/mol. The summed E-state index contributed by atoms with van der Waals surface area (Å²) >= 11 is 0. The van der Waals surface area contributed by atoms with E-state index in [0.29, 0.717) is 0 Å². The number of aromatic nitrogens is 2. The van der Waals surface area contributed by atoms with Crippen molar-refractivity contribution in [2.24, 2.45) is 0 Å². The summed E-state index contributed by atoms with van der Waals surface area (Å²) in [6, 6.07) is 3.74. The van der Waals surface area contributed by atoms with Crippen molar-refractivity contribution >= 4 is 11.8 Å². The van der Waals surface area contributed by atoms with Crippen molar-refractivity contribution < 1.29 is 18.7 Å². The first kappa shape index (κ1) is 12.0. The Balaban J connectivity index is 2.32. The molecule has 0 aliphatic carbocycles. The van der Waals surface area contributed by atoms with Gasteiger partial charge in [0.05, 0.1) is 6.54 Å². The Morgan fingerprint density at radius 3 is 2.78 bits per heavy atom. The van der Waals surface area contributed by atoms with Gasteiger partial charge in [0.15, 0.2) is 17.5 Å². The quantitative estimate of drug-likeness (QED) is 0.868. The molecule has 2 rings (SSSR count). The van der Waals surface area contributed by atoms with Gasteiger partial charge in [-0.2, -0.15) is 5.10 Å². The zero-order valence-corrected chi connectivity index (χ0v) is 9.10. The Labute approximate surface area is 100 Å². The average Bonchev–Trinajstić information content (AvgIpc) is 2.66. The minimum absolute atomic E-state index is 0.0643.